The molecule has 140 valence electrons. The highest BCUT2D eigenvalue weighted by atomic mass is 16.5. The third kappa shape index (κ3) is 4.17. The molecule has 2 aliphatic rings. The van der Waals surface area contributed by atoms with Crippen molar-refractivity contribution in [2.24, 2.45) is 5.41 Å². The van der Waals surface area contributed by atoms with Crippen molar-refractivity contribution in [1.29, 1.82) is 0 Å². The molecule has 0 aromatic heterocycles. The Balaban J connectivity index is 1.75. The minimum Gasteiger partial charge on any atom is -0.466 e. The Hall–Kier alpha value is -2.10. The monoisotopic (exact) mass is 355 g/mol. The molecule has 1 aromatic carbocycles. The van der Waals surface area contributed by atoms with Gasteiger partial charge >= 0.3 is 5.97 Å². The number of piperidine rings is 1. The number of hydrogen-bond donors (Lipinski definition) is 0. The van der Waals surface area contributed by atoms with Crippen molar-refractivity contribution in [3.63, 3.8) is 0 Å². The van der Waals surface area contributed by atoms with Crippen molar-refractivity contribution >= 4 is 11.9 Å². The first-order valence-electron chi connectivity index (χ1n) is 9.84. The maximum absolute atomic E-state index is 12.9. The maximum atomic E-state index is 12.9. The molecule has 0 saturated carbocycles. The van der Waals surface area contributed by atoms with Crippen molar-refractivity contribution in [1.82, 2.24) is 4.90 Å². The molecule has 1 heterocycles. The van der Waals surface area contributed by atoms with E-state index in [1.807, 2.05) is 30.0 Å². The molecule has 1 aliphatic heterocycles. The van der Waals surface area contributed by atoms with Crippen LogP contribution in [-0.2, 0) is 20.7 Å². The lowest BCUT2D eigenvalue weighted by Gasteiger charge is -2.41. The van der Waals surface area contributed by atoms with Crippen molar-refractivity contribution in [3.8, 4) is 0 Å². The Morgan fingerprint density at radius 1 is 1.19 bits per heavy atom. The van der Waals surface area contributed by atoms with Crippen LogP contribution in [0.1, 0.15) is 51.0 Å². The lowest BCUT2D eigenvalue weighted by molar-refractivity contribution is -0.161. The highest BCUT2D eigenvalue weighted by Crippen LogP contribution is 2.37. The van der Waals surface area contributed by atoms with Gasteiger partial charge in [0.1, 0.15) is 0 Å². The normalized spacial score (nSPS) is 22.8. The van der Waals surface area contributed by atoms with E-state index in [0.717, 1.165) is 57.1 Å². The van der Waals surface area contributed by atoms with Crippen LogP contribution in [-0.4, -0.2) is 36.5 Å². The number of rotatable bonds is 6. The molecule has 1 fully saturated rings. The van der Waals surface area contributed by atoms with Crippen molar-refractivity contribution in [2.75, 3.05) is 19.7 Å². The Labute approximate surface area is 156 Å². The van der Waals surface area contributed by atoms with E-state index in [9.17, 15) is 9.59 Å². The van der Waals surface area contributed by atoms with Gasteiger partial charge in [-0.1, -0.05) is 36.4 Å². The Bertz CT molecular complexity index is 667. The summed E-state index contributed by atoms with van der Waals surface area (Å²) in [6, 6.07) is 10.2. The van der Waals surface area contributed by atoms with Gasteiger partial charge in [-0.15, -0.1) is 0 Å². The van der Waals surface area contributed by atoms with Crippen LogP contribution in [0.4, 0.5) is 0 Å². The fourth-order valence-electron chi connectivity index (χ4n) is 4.16. The van der Waals surface area contributed by atoms with Gasteiger partial charge in [0.2, 0.25) is 5.91 Å². The van der Waals surface area contributed by atoms with E-state index in [1.165, 1.54) is 5.56 Å². The average Bonchev–Trinajstić information content (AvgIpc) is 3.22. The van der Waals surface area contributed by atoms with Crippen molar-refractivity contribution in [3.05, 3.63) is 47.5 Å². The van der Waals surface area contributed by atoms with Crippen LogP contribution in [0.2, 0.25) is 0 Å². The number of nitrogens with zero attached hydrogens (tertiary/aromatic N) is 1. The number of aryl methyl sites for hydroxylation is 1. The molecule has 3 rings (SSSR count). The molecule has 0 bridgehead atoms. The van der Waals surface area contributed by atoms with Gasteiger partial charge in [-0.2, -0.15) is 0 Å². The number of ether oxygens (including phenoxy) is 1. The fraction of sp³-hybridized carbons (Fsp3) is 0.545. The number of hydrogen-bond acceptors (Lipinski definition) is 3. The van der Waals surface area contributed by atoms with E-state index in [2.05, 4.69) is 18.2 Å². The minimum atomic E-state index is -0.584. The van der Waals surface area contributed by atoms with Gasteiger partial charge in [-0.05, 0) is 57.4 Å². The largest absolute Gasteiger partial charge is 0.466 e. The van der Waals surface area contributed by atoms with Gasteiger partial charge in [-0.25, -0.2) is 0 Å². The molecular formula is C22H29NO3. The van der Waals surface area contributed by atoms with Crippen LogP contribution in [0.15, 0.2) is 42.0 Å². The first kappa shape index (κ1) is 18.7. The molecule has 4 heteroatoms. The van der Waals surface area contributed by atoms with Crippen LogP contribution < -0.4 is 0 Å². The number of likely N-dealkylation sites (tertiary alicyclic amines) is 1. The third-order valence-corrected chi connectivity index (χ3v) is 5.62. The number of benzene rings is 1. The molecule has 0 unspecified atom stereocenters. The summed E-state index contributed by atoms with van der Waals surface area (Å²) in [5, 5.41) is 0. The molecular weight excluding hydrogens is 326 g/mol. The summed E-state index contributed by atoms with van der Waals surface area (Å²) in [6.45, 7) is 3.44. The first-order chi connectivity index (χ1) is 12.6. The lowest BCUT2D eigenvalue weighted by Crippen LogP contribution is -2.51. The topological polar surface area (TPSA) is 46.6 Å². The molecule has 26 heavy (non-hydrogen) atoms. The molecule has 1 amide bonds. The summed E-state index contributed by atoms with van der Waals surface area (Å²) in [5.41, 5.74) is 1.56. The SMILES string of the molecule is CCOC(=O)[C@@]1(CCc2ccccc2)CCCN(C(=O)C2=CCCC2)C1. The molecule has 0 radical (unpaired) electrons. The maximum Gasteiger partial charge on any atom is 0.313 e. The smallest absolute Gasteiger partial charge is 0.313 e. The van der Waals surface area contributed by atoms with E-state index in [-0.39, 0.29) is 11.9 Å². The molecule has 1 atom stereocenters. The van der Waals surface area contributed by atoms with E-state index in [0.29, 0.717) is 13.2 Å². The van der Waals surface area contributed by atoms with Crippen molar-refractivity contribution < 1.29 is 14.3 Å². The van der Waals surface area contributed by atoms with E-state index in [1.54, 1.807) is 0 Å². The first-order valence-corrected chi connectivity index (χ1v) is 9.84. The van der Waals surface area contributed by atoms with E-state index < -0.39 is 5.41 Å². The zero-order valence-electron chi connectivity index (χ0n) is 15.7. The number of allylic oxidation sites excluding steroid dienone is 1. The van der Waals surface area contributed by atoms with Crippen LogP contribution in [0, 0.1) is 5.41 Å². The van der Waals surface area contributed by atoms with Gasteiger partial charge < -0.3 is 9.64 Å². The van der Waals surface area contributed by atoms with Crippen LogP contribution >= 0.6 is 0 Å². The number of carbonyl (C=O) groups is 2. The second-order valence-electron chi connectivity index (χ2n) is 7.44. The van der Waals surface area contributed by atoms with E-state index >= 15 is 0 Å². The molecule has 4 nitrogen and oxygen atoms in total. The van der Waals surface area contributed by atoms with Gasteiger partial charge in [0.25, 0.3) is 0 Å². The average molecular weight is 355 g/mol. The number of carbonyl (C=O) groups excluding carboxylic acids is 2. The molecule has 0 spiro atoms. The second kappa shape index (κ2) is 8.52. The second-order valence-corrected chi connectivity index (χ2v) is 7.44. The summed E-state index contributed by atoms with van der Waals surface area (Å²) >= 11 is 0. The minimum absolute atomic E-state index is 0.121. The number of amides is 1. The fourth-order valence-corrected chi connectivity index (χ4v) is 4.16. The van der Waals surface area contributed by atoms with Gasteiger partial charge in [0.15, 0.2) is 0 Å². The molecule has 1 aliphatic carbocycles. The highest BCUT2D eigenvalue weighted by Gasteiger charge is 2.44. The summed E-state index contributed by atoms with van der Waals surface area (Å²) < 4.78 is 5.44. The predicted octanol–water partition coefficient (Wildman–Crippen LogP) is 3.90. The van der Waals surface area contributed by atoms with Crippen LogP contribution in [0.3, 0.4) is 0 Å². The van der Waals surface area contributed by atoms with E-state index in [4.69, 9.17) is 4.74 Å². The Kier molecular flexibility index (Phi) is 6.12. The van der Waals surface area contributed by atoms with Gasteiger partial charge in [-0.3, -0.25) is 9.59 Å². The zero-order valence-corrected chi connectivity index (χ0v) is 15.7. The lowest BCUT2D eigenvalue weighted by atomic mass is 9.75. The standard InChI is InChI=1S/C22H29NO3/c1-2-26-21(25)22(15-13-18-9-4-3-5-10-18)14-8-16-23(17-22)20(24)19-11-6-7-12-19/h3-5,9-11H,2,6-8,12-17H2,1H3/t22-/m1/s1. The van der Waals surface area contributed by atoms with Crippen molar-refractivity contribution in [2.45, 2.75) is 51.9 Å². The summed E-state index contributed by atoms with van der Waals surface area (Å²) in [6.07, 6.45) is 8.17. The third-order valence-electron chi connectivity index (χ3n) is 5.62. The Morgan fingerprint density at radius 2 is 2.00 bits per heavy atom. The number of esters is 1. The molecule has 1 saturated heterocycles. The van der Waals surface area contributed by atoms with Gasteiger partial charge in [0, 0.05) is 18.7 Å². The summed E-state index contributed by atoms with van der Waals surface area (Å²) in [4.78, 5) is 27.6. The van der Waals surface area contributed by atoms with Crippen LogP contribution in [0.5, 0.6) is 0 Å². The predicted molar refractivity (Wildman–Crippen MR) is 102 cm³/mol. The Morgan fingerprint density at radius 3 is 2.69 bits per heavy atom. The zero-order chi connectivity index (χ0) is 18.4. The van der Waals surface area contributed by atoms with Gasteiger partial charge in [0.05, 0.1) is 12.0 Å². The van der Waals surface area contributed by atoms with Crippen LogP contribution in [0.25, 0.3) is 0 Å². The molecule has 0 N–H and O–H groups in total. The highest BCUT2D eigenvalue weighted by molar-refractivity contribution is 5.94. The molecule has 1 aromatic rings. The quantitative estimate of drug-likeness (QED) is 0.727. The summed E-state index contributed by atoms with van der Waals surface area (Å²) in [5.74, 6) is -0.0237. The summed E-state index contributed by atoms with van der Waals surface area (Å²) in [7, 11) is 0.